The number of rotatable bonds is 6. The van der Waals surface area contributed by atoms with Gasteiger partial charge in [-0.2, -0.15) is 5.26 Å². The van der Waals surface area contributed by atoms with Gasteiger partial charge in [0.05, 0.1) is 31.4 Å². The molecule has 0 aromatic carbocycles. The van der Waals surface area contributed by atoms with Crippen LogP contribution < -0.4 is 5.32 Å². The Morgan fingerprint density at radius 2 is 1.77 bits per heavy atom. The Balaban J connectivity index is 1.48. The second-order valence-electron chi connectivity index (χ2n) is 17.0. The number of carbonyl (C=O) groups excluding carboxylic acids is 1. The average Bonchev–Trinajstić information content (AvgIpc) is 3.32. The minimum Gasteiger partial charge on any atom is -0.394 e. The molecule has 0 aromatic heterocycles. The van der Waals surface area contributed by atoms with E-state index in [1.54, 1.807) is 0 Å². The molecule has 220 valence electrons. The Morgan fingerprint density at radius 1 is 1.08 bits per heavy atom. The Kier molecular flexibility index (Phi) is 6.92. The van der Waals surface area contributed by atoms with E-state index < -0.39 is 5.41 Å². The normalized spacial score (nSPS) is 47.1. The highest BCUT2D eigenvalue weighted by atomic mass is 16.5. The number of aliphatic hydroxyl groups excluding tert-OH is 1. The average molecular weight is 541 g/mol. The highest BCUT2D eigenvalue weighted by Gasteiger charge is 2.74. The zero-order valence-corrected chi connectivity index (χ0v) is 26.3. The van der Waals surface area contributed by atoms with Gasteiger partial charge in [0, 0.05) is 11.8 Å². The van der Waals surface area contributed by atoms with Crippen molar-refractivity contribution in [3.63, 3.8) is 0 Å². The molecule has 5 nitrogen and oxygen atoms in total. The summed E-state index contributed by atoms with van der Waals surface area (Å²) in [5.41, 5.74) is 0.149. The molecule has 5 unspecified atom stereocenters. The SMILES string of the molecule is CC(C)[C@@H](CO)NC(=O)C(C)(C)C1CC[C@]2(C)C(CCC3C4[C@H]5OCC4(CC[C@]32C)CC5(C)C)[C@@]1(C)CC#N. The topological polar surface area (TPSA) is 82.3 Å². The van der Waals surface area contributed by atoms with Crippen LogP contribution in [0.5, 0.6) is 0 Å². The van der Waals surface area contributed by atoms with E-state index in [2.05, 4.69) is 59.9 Å². The molecule has 1 heterocycles. The highest BCUT2D eigenvalue weighted by Crippen LogP contribution is 2.78. The van der Waals surface area contributed by atoms with E-state index >= 15 is 0 Å². The maximum Gasteiger partial charge on any atom is 0.226 e. The lowest BCUT2D eigenvalue weighted by atomic mass is 9.33. The van der Waals surface area contributed by atoms with Crippen molar-refractivity contribution in [2.75, 3.05) is 13.2 Å². The van der Waals surface area contributed by atoms with Crippen LogP contribution in [0, 0.1) is 73.4 Å². The van der Waals surface area contributed by atoms with E-state index in [0.717, 1.165) is 25.9 Å². The minimum absolute atomic E-state index is 0.0226. The molecule has 2 bridgehead atoms. The van der Waals surface area contributed by atoms with Crippen LogP contribution in [0.2, 0.25) is 0 Å². The van der Waals surface area contributed by atoms with Gasteiger partial charge in [-0.15, -0.1) is 0 Å². The number of ether oxygens (including phenoxy) is 1. The summed E-state index contributed by atoms with van der Waals surface area (Å²) in [5.74, 6) is 2.07. The lowest BCUT2D eigenvalue weighted by Gasteiger charge is -2.70. The molecular formula is C34H56N2O3. The van der Waals surface area contributed by atoms with Gasteiger partial charge in [0.2, 0.25) is 5.91 Å². The monoisotopic (exact) mass is 540 g/mol. The largest absolute Gasteiger partial charge is 0.394 e. The van der Waals surface area contributed by atoms with Crippen molar-refractivity contribution in [1.29, 1.82) is 5.26 Å². The van der Waals surface area contributed by atoms with Gasteiger partial charge in [-0.1, -0.05) is 62.3 Å². The minimum atomic E-state index is -0.619. The zero-order valence-electron chi connectivity index (χ0n) is 26.3. The van der Waals surface area contributed by atoms with Crippen LogP contribution >= 0.6 is 0 Å². The van der Waals surface area contributed by atoms with Gasteiger partial charge in [0.25, 0.3) is 0 Å². The summed E-state index contributed by atoms with van der Waals surface area (Å²) in [6.45, 7) is 21.6. The third-order valence-electron chi connectivity index (χ3n) is 14.2. The van der Waals surface area contributed by atoms with Gasteiger partial charge < -0.3 is 15.2 Å². The summed E-state index contributed by atoms with van der Waals surface area (Å²) in [6.07, 6.45) is 9.18. The van der Waals surface area contributed by atoms with Gasteiger partial charge in [-0.05, 0) is 102 Å². The molecule has 1 saturated heterocycles. The fourth-order valence-electron chi connectivity index (χ4n) is 12.1. The number of amides is 1. The third-order valence-corrected chi connectivity index (χ3v) is 14.2. The van der Waals surface area contributed by atoms with E-state index in [1.165, 1.54) is 25.7 Å². The molecule has 0 spiro atoms. The lowest BCUT2D eigenvalue weighted by Crippen LogP contribution is -2.65. The first-order valence-corrected chi connectivity index (χ1v) is 15.9. The van der Waals surface area contributed by atoms with Gasteiger partial charge in [0.15, 0.2) is 0 Å². The summed E-state index contributed by atoms with van der Waals surface area (Å²) in [6, 6.07) is 2.36. The number of hydrogen-bond acceptors (Lipinski definition) is 4. The van der Waals surface area contributed by atoms with E-state index in [0.29, 0.717) is 35.7 Å². The number of aliphatic hydroxyl groups is 1. The molecule has 1 aliphatic heterocycles. The molecule has 4 saturated carbocycles. The quantitative estimate of drug-likeness (QED) is 0.391. The van der Waals surface area contributed by atoms with E-state index in [1.807, 2.05) is 13.8 Å². The van der Waals surface area contributed by atoms with Crippen molar-refractivity contribution in [2.45, 2.75) is 126 Å². The van der Waals surface area contributed by atoms with E-state index in [9.17, 15) is 15.2 Å². The molecule has 5 heteroatoms. The summed E-state index contributed by atoms with van der Waals surface area (Å²) in [4.78, 5) is 13.8. The molecular weight excluding hydrogens is 484 g/mol. The molecule has 0 radical (unpaired) electrons. The van der Waals surface area contributed by atoms with Crippen molar-refractivity contribution in [3.8, 4) is 6.07 Å². The number of carbonyl (C=O) groups is 1. The molecule has 39 heavy (non-hydrogen) atoms. The first kappa shape index (κ1) is 29.4. The van der Waals surface area contributed by atoms with E-state index in [-0.39, 0.29) is 52.1 Å². The Hall–Kier alpha value is -1.12. The molecule has 0 aromatic rings. The van der Waals surface area contributed by atoms with Crippen LogP contribution in [0.25, 0.3) is 0 Å². The van der Waals surface area contributed by atoms with Gasteiger partial charge in [0.1, 0.15) is 0 Å². The van der Waals surface area contributed by atoms with Crippen LogP contribution in [-0.2, 0) is 9.53 Å². The smallest absolute Gasteiger partial charge is 0.226 e. The second kappa shape index (κ2) is 9.19. The van der Waals surface area contributed by atoms with Crippen molar-refractivity contribution in [1.82, 2.24) is 5.32 Å². The van der Waals surface area contributed by atoms with Gasteiger partial charge in [-0.25, -0.2) is 0 Å². The lowest BCUT2D eigenvalue weighted by molar-refractivity contribution is -0.221. The summed E-state index contributed by atoms with van der Waals surface area (Å²) < 4.78 is 6.59. The first-order valence-electron chi connectivity index (χ1n) is 15.9. The van der Waals surface area contributed by atoms with Crippen LogP contribution in [0.3, 0.4) is 0 Å². The fraction of sp³-hybridized carbons (Fsp3) is 0.941. The van der Waals surface area contributed by atoms with Crippen molar-refractivity contribution >= 4 is 5.91 Å². The second-order valence-corrected chi connectivity index (χ2v) is 17.0. The first-order chi connectivity index (χ1) is 18.0. The maximum atomic E-state index is 13.8. The van der Waals surface area contributed by atoms with Gasteiger partial charge in [-0.3, -0.25) is 4.79 Å². The summed E-state index contributed by atoms with van der Waals surface area (Å²) >= 11 is 0. The predicted octanol–water partition coefficient (Wildman–Crippen LogP) is 6.74. The fourth-order valence-corrected chi connectivity index (χ4v) is 12.1. The van der Waals surface area contributed by atoms with Crippen LogP contribution in [0.15, 0.2) is 0 Å². The summed E-state index contributed by atoms with van der Waals surface area (Å²) in [5, 5.41) is 23.3. The Labute approximate surface area is 238 Å². The Morgan fingerprint density at radius 3 is 2.36 bits per heavy atom. The van der Waals surface area contributed by atoms with Crippen molar-refractivity contribution in [3.05, 3.63) is 0 Å². The van der Waals surface area contributed by atoms with Crippen molar-refractivity contribution in [2.24, 2.45) is 62.1 Å². The Bertz CT molecular complexity index is 1030. The van der Waals surface area contributed by atoms with Crippen LogP contribution in [0.1, 0.15) is 114 Å². The molecule has 4 aliphatic carbocycles. The van der Waals surface area contributed by atoms with Crippen LogP contribution in [0.4, 0.5) is 0 Å². The molecule has 2 N–H and O–H groups in total. The number of nitriles is 1. The maximum absolute atomic E-state index is 13.8. The van der Waals surface area contributed by atoms with Crippen molar-refractivity contribution < 1.29 is 14.6 Å². The number of hydrogen-bond donors (Lipinski definition) is 2. The predicted molar refractivity (Wildman–Crippen MR) is 154 cm³/mol. The highest BCUT2D eigenvalue weighted by molar-refractivity contribution is 5.82. The van der Waals surface area contributed by atoms with Crippen LogP contribution in [-0.4, -0.2) is 36.4 Å². The molecule has 5 rings (SSSR count). The number of fused-ring (bicyclic) bond motifs is 3. The summed E-state index contributed by atoms with van der Waals surface area (Å²) in [7, 11) is 0. The third kappa shape index (κ3) is 3.86. The van der Waals surface area contributed by atoms with E-state index in [4.69, 9.17) is 4.74 Å². The standard InChI is InChI=1S/C34H56N2O3/c1-21(2)23(18-37)36-28(38)30(5,6)24-12-13-33(9)25(31(24,7)16-17-35)11-10-22-26-27-29(3,4)19-34(26,20-39-27)15-14-32(22,33)8/h21-27,37H,10-16,18-20H2,1-9H3,(H,36,38)/t22?,23-,24?,25?,26?,27-,31+,32-,33-,34?/m1/s1. The number of nitrogens with one attached hydrogen (secondary N) is 1. The molecule has 5 fully saturated rings. The molecule has 5 aliphatic rings. The molecule has 10 atom stereocenters. The number of nitrogens with zero attached hydrogens (tertiary/aromatic N) is 1. The zero-order chi connectivity index (χ0) is 28.8. The van der Waals surface area contributed by atoms with Gasteiger partial charge >= 0.3 is 0 Å². The molecule has 1 amide bonds.